The first-order chi connectivity index (χ1) is 18.2. The summed E-state index contributed by atoms with van der Waals surface area (Å²) in [5, 5.41) is 4.82. The van der Waals surface area contributed by atoms with Gasteiger partial charge in [0.1, 0.15) is 5.69 Å². The number of ether oxygens (including phenoxy) is 1. The van der Waals surface area contributed by atoms with E-state index >= 15 is 0 Å². The number of rotatable bonds is 4. The molecule has 0 spiro atoms. The van der Waals surface area contributed by atoms with E-state index < -0.39 is 0 Å². The van der Waals surface area contributed by atoms with Crippen molar-refractivity contribution >= 4 is 38.6 Å². The Morgan fingerprint density at radius 1 is 0.884 bits per heavy atom. The van der Waals surface area contributed by atoms with E-state index in [0.29, 0.717) is 6.61 Å². The molecule has 0 bridgehead atoms. The van der Waals surface area contributed by atoms with E-state index in [9.17, 15) is 0 Å². The molecule has 0 fully saturated rings. The van der Waals surface area contributed by atoms with Gasteiger partial charge in [-0.1, -0.05) is 51.3 Å². The van der Waals surface area contributed by atoms with Crippen LogP contribution in [-0.2, 0) is 142 Å². The molecule has 0 saturated heterocycles. The smallest absolute Gasteiger partial charge is 0.105 e. The number of likely N-dealkylation sites (N-methyl/N-ethyl adjacent to an activating group) is 1. The third kappa shape index (κ3) is 6.88. The van der Waals surface area contributed by atoms with Gasteiger partial charge in [0, 0.05) is 173 Å². The van der Waals surface area contributed by atoms with Crippen molar-refractivity contribution in [2.24, 2.45) is 0 Å². The Morgan fingerprint density at radius 2 is 1.56 bits per heavy atom. The molecule has 0 atom stereocenters. The molecule has 212 valence electrons. The maximum atomic E-state index is 6.05. The fourth-order valence-electron chi connectivity index (χ4n) is 6.66. The van der Waals surface area contributed by atoms with E-state index in [0.717, 1.165) is 11.1 Å². The van der Waals surface area contributed by atoms with Gasteiger partial charge < -0.3 is 21.6 Å². The molecule has 3 nitrogen and oxygen atoms in total. The minimum absolute atomic E-state index is 0. The number of anilines is 1. The Labute approximate surface area is 359 Å². The van der Waals surface area contributed by atoms with Crippen LogP contribution in [0.2, 0.25) is 0 Å². The van der Waals surface area contributed by atoms with Crippen LogP contribution in [-0.4, -0.2) is 23.9 Å². The molecule has 0 aliphatic carbocycles. The van der Waals surface area contributed by atoms with Crippen molar-refractivity contribution in [3.63, 3.8) is 0 Å². The van der Waals surface area contributed by atoms with Crippen LogP contribution in [0.15, 0.2) is 78.5 Å². The summed E-state index contributed by atoms with van der Waals surface area (Å²) in [7, 11) is 6.60. The minimum Gasteiger partial charge on any atom is -0.551 e. The van der Waals surface area contributed by atoms with Crippen molar-refractivity contribution in [2.75, 3.05) is 18.6 Å². The van der Waals surface area contributed by atoms with Crippen LogP contribution in [0.4, 0.5) is 11.4 Å². The van der Waals surface area contributed by atoms with Gasteiger partial charge in [0.05, 0.1) is 12.3 Å². The molecule has 0 aromatic heterocycles. The molecule has 2 heterocycles. The Bertz CT molecular complexity index is 1720. The number of hydrogen-bond acceptors (Lipinski definition) is 2. The maximum absolute atomic E-state index is 6.05. The second kappa shape index (κ2) is 16.0. The number of allylic oxidation sites excluding steroid dienone is 4. The van der Waals surface area contributed by atoms with Gasteiger partial charge in [-0.05, 0) is 30.2 Å². The molecule has 4 aromatic rings. The average Bonchev–Trinajstić information content (AvgIpc) is 3.22. The third-order valence-electron chi connectivity index (χ3n) is 8.40. The summed E-state index contributed by atoms with van der Waals surface area (Å²) in [5.74, 6) is 0.902. The van der Waals surface area contributed by atoms with Crippen molar-refractivity contribution in [2.45, 2.75) is 45.4 Å². The summed E-state index contributed by atoms with van der Waals surface area (Å²) in [6.07, 6.45) is 6.68. The molecule has 0 unspecified atom stereocenters. The first kappa shape index (κ1) is 41.5. The Hall–Kier alpha value is 0.436. The monoisotopic (exact) mass is 869 g/mol. The predicted molar refractivity (Wildman–Crippen MR) is 165 cm³/mol. The first-order valence-electron chi connectivity index (χ1n) is 13.3. The summed E-state index contributed by atoms with van der Waals surface area (Å²) in [6.45, 7) is 11.9. The number of nitrogens with zero attached hydrogens (tertiary/aromatic N) is 2. The van der Waals surface area contributed by atoms with Gasteiger partial charge >= 0.3 is 0 Å². The third-order valence-corrected chi connectivity index (χ3v) is 8.40. The van der Waals surface area contributed by atoms with Crippen molar-refractivity contribution in [3.8, 4) is 5.75 Å². The van der Waals surface area contributed by atoms with Gasteiger partial charge in [-0.3, -0.25) is 0 Å². The Balaban J connectivity index is 0.00000185. The Kier molecular flexibility index (Phi) is 15.4. The summed E-state index contributed by atoms with van der Waals surface area (Å²) in [4.78, 5) is 2.32. The second-order valence-corrected chi connectivity index (χ2v) is 11.3. The zero-order valence-corrected chi connectivity index (χ0v) is 37.8. The van der Waals surface area contributed by atoms with Crippen molar-refractivity contribution < 1.29 is 140 Å². The Morgan fingerprint density at radius 3 is 2.26 bits per heavy atom. The zero-order chi connectivity index (χ0) is 26.8. The van der Waals surface area contributed by atoms with Gasteiger partial charge in [0.25, 0.3) is 0 Å². The van der Waals surface area contributed by atoms with Crippen LogP contribution in [0, 0.1) is 26.6 Å². The van der Waals surface area contributed by atoms with Crippen LogP contribution in [0.25, 0.3) is 21.5 Å². The summed E-state index contributed by atoms with van der Waals surface area (Å²) >= 11 is 0. The molecule has 7 heteroatoms. The van der Waals surface area contributed by atoms with E-state index in [1.165, 1.54) is 50.1 Å². The van der Waals surface area contributed by atoms with E-state index in [-0.39, 0.29) is 149 Å². The van der Waals surface area contributed by atoms with E-state index in [2.05, 4.69) is 124 Å². The SMILES string of the molecule is [CH2-][N+]1=C(/C=C/C=C2/N(C)c3ccc4c[c-]cc(OCC)c4c3C2(C)C)C(C)(C)c2c1ccc1c[c-]ccc21.[CH3-].[Y].[Y].[Y].[Y]. The molecule has 0 N–H and O–H groups in total. The molecular formula is C36H37N2OY4-3. The fourth-order valence-corrected chi connectivity index (χ4v) is 6.66. The van der Waals surface area contributed by atoms with Gasteiger partial charge in [0.2, 0.25) is 0 Å². The number of hydrogen-bond donors (Lipinski definition) is 0. The van der Waals surface area contributed by atoms with Crippen LogP contribution in [0.3, 0.4) is 0 Å². The standard InChI is InChI=1S/C35H34N2O.CH3.4Y/c1-8-38-28-16-11-14-24-20-22-27-33(31(24)28)35(4,5)30(37(27)7)18-12-17-29-34(2,3)32-25-15-10-9-13-23(25)19-21-26(32)36(29)6;;;;;/h10,12-22H,6,8H2,1-5,7H3;1H3;;;;/q-2;-1;;;;/b17-12+,30-18+;;;;;. The molecular weight excluding hydrogens is 832 g/mol. The minimum atomic E-state index is -0.198. The number of fused-ring (bicyclic) bond motifs is 6. The zero-order valence-electron chi connectivity index (χ0n) is 26.5. The van der Waals surface area contributed by atoms with Crippen molar-refractivity contribution in [1.29, 1.82) is 0 Å². The quantitative estimate of drug-likeness (QED) is 0.151. The molecule has 0 saturated carbocycles. The molecule has 2 aliphatic rings. The molecule has 6 rings (SSSR count). The van der Waals surface area contributed by atoms with E-state index in [1.807, 2.05) is 19.1 Å². The van der Waals surface area contributed by atoms with Crippen molar-refractivity contribution in [1.82, 2.24) is 0 Å². The van der Waals surface area contributed by atoms with E-state index in [4.69, 9.17) is 4.74 Å². The van der Waals surface area contributed by atoms with Crippen molar-refractivity contribution in [3.05, 3.63) is 116 Å². The van der Waals surface area contributed by atoms with Gasteiger partial charge in [-0.25, -0.2) is 0 Å². The molecule has 4 aromatic carbocycles. The predicted octanol–water partition coefficient (Wildman–Crippen LogP) is 8.47. The van der Waals surface area contributed by atoms with Gasteiger partial charge in [-0.15, -0.1) is 34.4 Å². The summed E-state index contributed by atoms with van der Waals surface area (Å²) in [5.41, 5.74) is 7.07. The summed E-state index contributed by atoms with van der Waals surface area (Å²) in [6, 6.07) is 25.4. The summed E-state index contributed by atoms with van der Waals surface area (Å²) < 4.78 is 8.15. The molecule has 43 heavy (non-hydrogen) atoms. The average molecular weight is 869 g/mol. The largest absolute Gasteiger partial charge is 0.551 e. The van der Waals surface area contributed by atoms with Crippen LogP contribution >= 0.6 is 0 Å². The van der Waals surface area contributed by atoms with Crippen LogP contribution in [0.1, 0.15) is 45.7 Å². The maximum Gasteiger partial charge on any atom is 0.105 e. The fraction of sp³-hybridized carbons (Fsp3) is 0.250. The normalized spacial score (nSPS) is 16.5. The second-order valence-electron chi connectivity index (χ2n) is 11.3. The van der Waals surface area contributed by atoms with Gasteiger partial charge in [0.15, 0.2) is 0 Å². The van der Waals surface area contributed by atoms with Crippen LogP contribution < -0.4 is 9.64 Å². The van der Waals surface area contributed by atoms with E-state index in [1.54, 1.807) is 0 Å². The van der Waals surface area contributed by atoms with Gasteiger partial charge in [-0.2, -0.15) is 36.4 Å². The molecule has 2 aliphatic heterocycles. The first-order valence-corrected chi connectivity index (χ1v) is 13.3. The molecule has 4 radical (unpaired) electrons. The van der Waals surface area contributed by atoms with Crippen LogP contribution in [0.5, 0.6) is 5.75 Å². The molecule has 0 amide bonds. The number of benzene rings is 4. The topological polar surface area (TPSA) is 15.5 Å².